The van der Waals surface area contributed by atoms with Gasteiger partial charge in [-0.3, -0.25) is 0 Å². The van der Waals surface area contributed by atoms with Crippen molar-refractivity contribution in [2.75, 3.05) is 12.3 Å². The standard InChI is InChI=1S/C14H13BrFNO2/c1-2-18-14-8-10(4-5-12(14)17)19-13-6-3-9(15)7-11(13)16/h3-8H,2,17H2,1H3. The largest absolute Gasteiger partial charge is 0.492 e. The molecule has 2 aromatic carbocycles. The first-order valence-electron chi connectivity index (χ1n) is 5.75. The summed E-state index contributed by atoms with van der Waals surface area (Å²) in [7, 11) is 0. The highest BCUT2D eigenvalue weighted by Crippen LogP contribution is 2.31. The van der Waals surface area contributed by atoms with E-state index in [0.29, 0.717) is 28.3 Å². The first-order valence-corrected chi connectivity index (χ1v) is 6.54. The van der Waals surface area contributed by atoms with Crippen LogP contribution in [0.1, 0.15) is 6.92 Å². The second-order valence-electron chi connectivity index (χ2n) is 3.81. The molecule has 0 saturated heterocycles. The first kappa shape index (κ1) is 13.7. The third-order valence-electron chi connectivity index (χ3n) is 2.41. The van der Waals surface area contributed by atoms with E-state index in [1.54, 1.807) is 30.3 Å². The van der Waals surface area contributed by atoms with E-state index >= 15 is 0 Å². The van der Waals surface area contributed by atoms with Gasteiger partial charge >= 0.3 is 0 Å². The molecule has 0 unspecified atom stereocenters. The van der Waals surface area contributed by atoms with Crippen LogP contribution in [0.15, 0.2) is 40.9 Å². The van der Waals surface area contributed by atoms with Gasteiger partial charge in [-0.2, -0.15) is 0 Å². The number of nitrogen functional groups attached to an aromatic ring is 1. The van der Waals surface area contributed by atoms with E-state index in [-0.39, 0.29) is 5.75 Å². The molecule has 0 radical (unpaired) electrons. The summed E-state index contributed by atoms with van der Waals surface area (Å²) in [5.74, 6) is 0.705. The Hall–Kier alpha value is -1.75. The molecule has 0 spiro atoms. The Kier molecular flexibility index (Phi) is 4.27. The van der Waals surface area contributed by atoms with E-state index in [4.69, 9.17) is 15.2 Å². The molecule has 2 N–H and O–H groups in total. The Labute approximate surface area is 119 Å². The van der Waals surface area contributed by atoms with Gasteiger partial charge in [0.15, 0.2) is 11.6 Å². The van der Waals surface area contributed by atoms with Gasteiger partial charge in [0.25, 0.3) is 0 Å². The Morgan fingerprint density at radius 2 is 1.95 bits per heavy atom. The fraction of sp³-hybridized carbons (Fsp3) is 0.143. The van der Waals surface area contributed by atoms with Crippen molar-refractivity contribution in [1.82, 2.24) is 0 Å². The molecule has 0 aliphatic carbocycles. The highest BCUT2D eigenvalue weighted by molar-refractivity contribution is 9.10. The lowest BCUT2D eigenvalue weighted by molar-refractivity contribution is 0.339. The average Bonchev–Trinajstić information content (AvgIpc) is 2.37. The van der Waals surface area contributed by atoms with Crippen molar-refractivity contribution in [1.29, 1.82) is 0 Å². The zero-order valence-corrected chi connectivity index (χ0v) is 11.9. The maximum Gasteiger partial charge on any atom is 0.166 e. The van der Waals surface area contributed by atoms with Gasteiger partial charge in [-0.25, -0.2) is 4.39 Å². The van der Waals surface area contributed by atoms with Crippen LogP contribution in [0.25, 0.3) is 0 Å². The Bertz CT molecular complexity index is 590. The summed E-state index contributed by atoms with van der Waals surface area (Å²) in [5, 5.41) is 0. The number of benzene rings is 2. The van der Waals surface area contributed by atoms with Crippen molar-refractivity contribution >= 4 is 21.6 Å². The zero-order valence-electron chi connectivity index (χ0n) is 10.3. The van der Waals surface area contributed by atoms with Crippen molar-refractivity contribution in [3.63, 3.8) is 0 Å². The van der Waals surface area contributed by atoms with Crippen LogP contribution in [0.3, 0.4) is 0 Å². The lowest BCUT2D eigenvalue weighted by Crippen LogP contribution is -1.97. The molecule has 19 heavy (non-hydrogen) atoms. The minimum Gasteiger partial charge on any atom is -0.492 e. The summed E-state index contributed by atoms with van der Waals surface area (Å²) >= 11 is 3.19. The van der Waals surface area contributed by atoms with E-state index < -0.39 is 5.82 Å². The van der Waals surface area contributed by atoms with Crippen LogP contribution in [0.2, 0.25) is 0 Å². The van der Waals surface area contributed by atoms with Crippen LogP contribution in [0.5, 0.6) is 17.2 Å². The van der Waals surface area contributed by atoms with Gasteiger partial charge in [0, 0.05) is 10.5 Å². The number of rotatable bonds is 4. The molecule has 0 aromatic heterocycles. The molecule has 100 valence electrons. The fourth-order valence-electron chi connectivity index (χ4n) is 1.54. The summed E-state index contributed by atoms with van der Waals surface area (Å²) in [6.07, 6.45) is 0. The minimum absolute atomic E-state index is 0.149. The molecule has 0 fully saturated rings. The van der Waals surface area contributed by atoms with E-state index in [9.17, 15) is 4.39 Å². The van der Waals surface area contributed by atoms with Crippen molar-refractivity contribution in [2.24, 2.45) is 0 Å². The minimum atomic E-state index is -0.441. The molecular formula is C14H13BrFNO2. The number of halogens is 2. The molecule has 5 heteroatoms. The number of hydrogen-bond donors (Lipinski definition) is 1. The highest BCUT2D eigenvalue weighted by Gasteiger charge is 2.07. The van der Waals surface area contributed by atoms with Crippen LogP contribution >= 0.6 is 15.9 Å². The maximum absolute atomic E-state index is 13.7. The molecule has 0 amide bonds. The van der Waals surface area contributed by atoms with Crippen LogP contribution < -0.4 is 15.2 Å². The van der Waals surface area contributed by atoms with E-state index in [0.717, 1.165) is 0 Å². The van der Waals surface area contributed by atoms with E-state index in [1.807, 2.05) is 6.92 Å². The van der Waals surface area contributed by atoms with Gasteiger partial charge in [-0.15, -0.1) is 0 Å². The summed E-state index contributed by atoms with van der Waals surface area (Å²) < 4.78 is 25.1. The number of hydrogen-bond acceptors (Lipinski definition) is 3. The van der Waals surface area contributed by atoms with Crippen LogP contribution in [-0.2, 0) is 0 Å². The Morgan fingerprint density at radius 1 is 1.16 bits per heavy atom. The third-order valence-corrected chi connectivity index (χ3v) is 2.90. The molecule has 2 aromatic rings. The molecule has 0 atom stereocenters. The normalized spacial score (nSPS) is 10.3. The van der Waals surface area contributed by atoms with E-state index in [2.05, 4.69) is 15.9 Å². The predicted molar refractivity (Wildman–Crippen MR) is 76.2 cm³/mol. The molecule has 0 bridgehead atoms. The smallest absolute Gasteiger partial charge is 0.166 e. The van der Waals surface area contributed by atoms with Crippen molar-refractivity contribution in [2.45, 2.75) is 6.92 Å². The Morgan fingerprint density at radius 3 is 2.63 bits per heavy atom. The number of ether oxygens (including phenoxy) is 2. The summed E-state index contributed by atoms with van der Waals surface area (Å²) in [4.78, 5) is 0. The summed E-state index contributed by atoms with van der Waals surface area (Å²) in [5.41, 5.74) is 6.28. The van der Waals surface area contributed by atoms with Gasteiger partial charge in [0.05, 0.1) is 12.3 Å². The molecule has 3 nitrogen and oxygen atoms in total. The van der Waals surface area contributed by atoms with Crippen LogP contribution in [0, 0.1) is 5.82 Å². The van der Waals surface area contributed by atoms with Gasteiger partial charge in [0.1, 0.15) is 11.5 Å². The first-order chi connectivity index (χ1) is 9.10. The number of anilines is 1. The molecule has 0 saturated carbocycles. The molecule has 0 aliphatic rings. The predicted octanol–water partition coefficient (Wildman–Crippen LogP) is 4.36. The van der Waals surface area contributed by atoms with E-state index in [1.165, 1.54) is 6.07 Å². The quantitative estimate of drug-likeness (QED) is 0.849. The average molecular weight is 326 g/mol. The molecule has 2 rings (SSSR count). The summed E-state index contributed by atoms with van der Waals surface area (Å²) in [6.45, 7) is 2.36. The summed E-state index contributed by atoms with van der Waals surface area (Å²) in [6, 6.07) is 9.57. The lowest BCUT2D eigenvalue weighted by atomic mass is 10.2. The third kappa shape index (κ3) is 3.38. The fourth-order valence-corrected chi connectivity index (χ4v) is 1.88. The van der Waals surface area contributed by atoms with Crippen molar-refractivity contribution in [3.05, 3.63) is 46.7 Å². The highest BCUT2D eigenvalue weighted by atomic mass is 79.9. The molecular weight excluding hydrogens is 313 g/mol. The Balaban J connectivity index is 2.25. The van der Waals surface area contributed by atoms with Gasteiger partial charge < -0.3 is 15.2 Å². The monoisotopic (exact) mass is 325 g/mol. The van der Waals surface area contributed by atoms with Crippen molar-refractivity contribution in [3.8, 4) is 17.2 Å². The lowest BCUT2D eigenvalue weighted by Gasteiger charge is -2.11. The van der Waals surface area contributed by atoms with Gasteiger partial charge in [0.2, 0.25) is 0 Å². The van der Waals surface area contributed by atoms with Gasteiger partial charge in [-0.1, -0.05) is 15.9 Å². The topological polar surface area (TPSA) is 44.5 Å². The number of nitrogens with two attached hydrogens (primary N) is 1. The van der Waals surface area contributed by atoms with Crippen molar-refractivity contribution < 1.29 is 13.9 Å². The second-order valence-corrected chi connectivity index (χ2v) is 4.73. The SMILES string of the molecule is CCOc1cc(Oc2ccc(Br)cc2F)ccc1N. The van der Waals surface area contributed by atoms with Gasteiger partial charge in [-0.05, 0) is 37.3 Å². The molecule has 0 heterocycles. The van der Waals surface area contributed by atoms with Crippen LogP contribution in [-0.4, -0.2) is 6.61 Å². The maximum atomic E-state index is 13.7. The zero-order chi connectivity index (χ0) is 13.8. The van der Waals surface area contributed by atoms with Crippen LogP contribution in [0.4, 0.5) is 10.1 Å². The molecule has 0 aliphatic heterocycles. The second kappa shape index (κ2) is 5.93.